The largest absolute Gasteiger partial charge is 0.345 e. The molecule has 1 rings (SSSR count). The molecular weight excluding hydrogens is 284 g/mol. The van der Waals surface area contributed by atoms with Crippen LogP contribution in [0.15, 0.2) is 28.7 Å². The van der Waals surface area contributed by atoms with Crippen LogP contribution in [0.3, 0.4) is 0 Å². The third-order valence-electron chi connectivity index (χ3n) is 1.66. The fourth-order valence-corrected chi connectivity index (χ4v) is 1.08. The first kappa shape index (κ1) is 15.9. The van der Waals surface area contributed by atoms with Crippen LogP contribution in [0.4, 0.5) is 10.5 Å². The molecule has 0 aromatic heterocycles. The zero-order valence-electron chi connectivity index (χ0n) is 10.5. The molecule has 0 saturated carbocycles. The van der Waals surface area contributed by atoms with Crippen molar-refractivity contribution in [1.82, 2.24) is 5.06 Å². The molecule has 1 aromatic carbocycles. The van der Waals surface area contributed by atoms with Crippen molar-refractivity contribution in [2.75, 3.05) is 19.5 Å². The Labute approximate surface area is 111 Å². The van der Waals surface area contributed by atoms with Gasteiger partial charge < -0.3 is 5.32 Å². The Morgan fingerprint density at radius 2 is 1.82 bits per heavy atom. The first-order valence-electron chi connectivity index (χ1n) is 5.13. The molecule has 1 radical (unpaired) electrons. The van der Waals surface area contributed by atoms with E-state index in [9.17, 15) is 4.79 Å². The quantitative estimate of drug-likeness (QED) is 0.846. The minimum absolute atomic E-state index is 0.310. The molecule has 95 valence electrons. The molecular formula is C12H18BrN2O2. The number of hydrogen-bond donors (Lipinski definition) is 1. The summed E-state index contributed by atoms with van der Waals surface area (Å²) in [5, 5.41) is 3.77. The SMILES string of the molecule is CON(C)C(=O)Nc1ccc(Br)cc1.C[CH]C. The molecule has 0 aliphatic heterocycles. The van der Waals surface area contributed by atoms with Crippen LogP contribution in [0.5, 0.6) is 0 Å². The fourth-order valence-electron chi connectivity index (χ4n) is 0.818. The van der Waals surface area contributed by atoms with E-state index in [0.29, 0.717) is 0 Å². The number of anilines is 1. The van der Waals surface area contributed by atoms with Gasteiger partial charge in [-0.05, 0) is 30.7 Å². The summed E-state index contributed by atoms with van der Waals surface area (Å²) in [4.78, 5) is 16.0. The van der Waals surface area contributed by atoms with Gasteiger partial charge in [-0.2, -0.15) is 0 Å². The number of hydrogen-bond acceptors (Lipinski definition) is 2. The number of halogens is 1. The zero-order valence-corrected chi connectivity index (χ0v) is 12.1. The van der Waals surface area contributed by atoms with E-state index >= 15 is 0 Å². The molecule has 2 amide bonds. The summed E-state index contributed by atoms with van der Waals surface area (Å²) in [6.07, 6.45) is 2.00. The van der Waals surface area contributed by atoms with Crippen molar-refractivity contribution in [3.8, 4) is 0 Å². The Hall–Kier alpha value is -1.07. The Morgan fingerprint density at radius 1 is 1.35 bits per heavy atom. The second-order valence-electron chi connectivity index (χ2n) is 3.19. The van der Waals surface area contributed by atoms with E-state index in [0.717, 1.165) is 15.2 Å². The highest BCUT2D eigenvalue weighted by molar-refractivity contribution is 9.10. The lowest BCUT2D eigenvalue weighted by Crippen LogP contribution is -2.30. The van der Waals surface area contributed by atoms with Gasteiger partial charge in [0.25, 0.3) is 0 Å². The lowest BCUT2D eigenvalue weighted by atomic mass is 10.3. The molecule has 4 nitrogen and oxygen atoms in total. The second-order valence-corrected chi connectivity index (χ2v) is 4.11. The van der Waals surface area contributed by atoms with Gasteiger partial charge in [0.05, 0.1) is 7.11 Å². The molecule has 0 aliphatic carbocycles. The van der Waals surface area contributed by atoms with Gasteiger partial charge in [0.15, 0.2) is 0 Å². The normalized spacial score (nSPS) is 9.00. The number of amides is 2. The average Bonchev–Trinajstić information content (AvgIpc) is 2.32. The minimum atomic E-state index is -0.310. The lowest BCUT2D eigenvalue weighted by molar-refractivity contribution is -0.0598. The molecule has 0 spiro atoms. The first-order chi connectivity index (χ1) is 8.04. The highest BCUT2D eigenvalue weighted by Crippen LogP contribution is 2.14. The standard InChI is InChI=1S/C9H11BrN2O2.C3H7/c1-12(14-2)9(13)11-8-5-3-7(10)4-6-8;1-3-2/h3-6H,1-2H3,(H,11,13);3H,1-2H3. The average molecular weight is 302 g/mol. The molecule has 0 atom stereocenters. The summed E-state index contributed by atoms with van der Waals surface area (Å²) in [7, 11) is 2.97. The van der Waals surface area contributed by atoms with Crippen molar-refractivity contribution < 1.29 is 9.63 Å². The molecule has 0 heterocycles. The van der Waals surface area contributed by atoms with Crippen LogP contribution >= 0.6 is 15.9 Å². The predicted octanol–water partition coefficient (Wildman–Crippen LogP) is 3.70. The smallest absolute Gasteiger partial charge is 0.306 e. The molecule has 0 bridgehead atoms. The molecule has 17 heavy (non-hydrogen) atoms. The zero-order chi connectivity index (χ0) is 13.3. The van der Waals surface area contributed by atoms with Gasteiger partial charge in [-0.3, -0.25) is 4.84 Å². The van der Waals surface area contributed by atoms with Crippen molar-refractivity contribution in [3.63, 3.8) is 0 Å². The number of urea groups is 1. The van der Waals surface area contributed by atoms with Crippen LogP contribution in [0.25, 0.3) is 0 Å². The van der Waals surface area contributed by atoms with Crippen molar-refractivity contribution in [2.45, 2.75) is 13.8 Å². The molecule has 0 fully saturated rings. The third-order valence-corrected chi connectivity index (χ3v) is 2.18. The van der Waals surface area contributed by atoms with Crippen LogP contribution in [-0.4, -0.2) is 25.3 Å². The van der Waals surface area contributed by atoms with E-state index in [1.807, 2.05) is 32.4 Å². The van der Waals surface area contributed by atoms with Crippen molar-refractivity contribution in [2.24, 2.45) is 0 Å². The first-order valence-corrected chi connectivity index (χ1v) is 5.92. The van der Waals surface area contributed by atoms with E-state index in [4.69, 9.17) is 4.84 Å². The maximum Gasteiger partial charge on any atom is 0.345 e. The monoisotopic (exact) mass is 301 g/mol. The number of nitrogens with one attached hydrogen (secondary N) is 1. The van der Waals surface area contributed by atoms with E-state index in [1.54, 1.807) is 12.1 Å². The molecule has 1 N–H and O–H groups in total. The second kappa shape index (κ2) is 9.01. The van der Waals surface area contributed by atoms with Crippen LogP contribution in [0.2, 0.25) is 0 Å². The van der Waals surface area contributed by atoms with Crippen LogP contribution in [0.1, 0.15) is 13.8 Å². The molecule has 0 unspecified atom stereocenters. The van der Waals surface area contributed by atoms with Crippen molar-refractivity contribution in [1.29, 1.82) is 0 Å². The van der Waals surface area contributed by atoms with E-state index < -0.39 is 0 Å². The van der Waals surface area contributed by atoms with Crippen molar-refractivity contribution >= 4 is 27.6 Å². The van der Waals surface area contributed by atoms with E-state index in [1.165, 1.54) is 14.2 Å². The summed E-state index contributed by atoms with van der Waals surface area (Å²) >= 11 is 3.31. The minimum Gasteiger partial charge on any atom is -0.306 e. The molecule has 5 heteroatoms. The predicted molar refractivity (Wildman–Crippen MR) is 73.6 cm³/mol. The van der Waals surface area contributed by atoms with Crippen molar-refractivity contribution in [3.05, 3.63) is 35.2 Å². The Kier molecular flexibility index (Phi) is 8.44. The van der Waals surface area contributed by atoms with Gasteiger partial charge in [0.1, 0.15) is 0 Å². The van der Waals surface area contributed by atoms with Crippen LogP contribution < -0.4 is 5.32 Å². The number of hydroxylamine groups is 2. The number of rotatable bonds is 2. The highest BCUT2D eigenvalue weighted by atomic mass is 79.9. The maximum absolute atomic E-state index is 11.3. The maximum atomic E-state index is 11.3. The van der Waals surface area contributed by atoms with Gasteiger partial charge in [-0.15, -0.1) is 0 Å². The Balaban J connectivity index is 0.000000770. The molecule has 0 saturated heterocycles. The van der Waals surface area contributed by atoms with E-state index in [-0.39, 0.29) is 6.03 Å². The van der Waals surface area contributed by atoms with Gasteiger partial charge in [0, 0.05) is 17.2 Å². The van der Waals surface area contributed by atoms with E-state index in [2.05, 4.69) is 21.2 Å². The van der Waals surface area contributed by atoms with Crippen LogP contribution in [-0.2, 0) is 4.84 Å². The summed E-state index contributed by atoms with van der Waals surface area (Å²) < 4.78 is 0.968. The van der Waals surface area contributed by atoms with Crippen LogP contribution in [0, 0.1) is 6.42 Å². The van der Waals surface area contributed by atoms with Gasteiger partial charge in [-0.1, -0.05) is 29.8 Å². The number of carbonyl (C=O) groups is 1. The summed E-state index contributed by atoms with van der Waals surface area (Å²) in [5.74, 6) is 0. The summed E-state index contributed by atoms with van der Waals surface area (Å²) in [6, 6.07) is 6.98. The topological polar surface area (TPSA) is 41.6 Å². The van der Waals surface area contributed by atoms with Gasteiger partial charge in [0.2, 0.25) is 0 Å². The Bertz CT molecular complexity index is 328. The number of benzene rings is 1. The molecule has 1 aromatic rings. The fraction of sp³-hybridized carbons (Fsp3) is 0.333. The summed E-state index contributed by atoms with van der Waals surface area (Å²) in [5.41, 5.74) is 0.724. The highest BCUT2D eigenvalue weighted by Gasteiger charge is 2.06. The number of nitrogens with zero attached hydrogens (tertiary/aromatic N) is 1. The number of carbonyl (C=O) groups excluding carboxylic acids is 1. The molecule has 0 aliphatic rings. The lowest BCUT2D eigenvalue weighted by Gasteiger charge is -2.14. The Morgan fingerprint density at radius 3 is 2.24 bits per heavy atom. The van der Waals surface area contributed by atoms with Gasteiger partial charge >= 0.3 is 6.03 Å². The summed E-state index contributed by atoms with van der Waals surface area (Å²) in [6.45, 7) is 4.00. The third kappa shape index (κ3) is 6.97. The van der Waals surface area contributed by atoms with Gasteiger partial charge in [-0.25, -0.2) is 9.86 Å².